The van der Waals surface area contributed by atoms with Crippen molar-refractivity contribution in [2.45, 2.75) is 30.3 Å². The standard InChI is InChI=1S/C18H20N2O4S/c1-13(21)20-16-6-8-17(9-7-16)25(23,24)19-12-18(22)10-14-4-2-3-5-15(14)11-18/h2-9,19,22H,10-12H2,1H3,(H,20,21). The average Bonchev–Trinajstić information content (AvgIpc) is 2.90. The Kier molecular flexibility index (Phi) is 4.64. The summed E-state index contributed by atoms with van der Waals surface area (Å²) in [6, 6.07) is 13.6. The highest BCUT2D eigenvalue weighted by Gasteiger charge is 2.36. The molecule has 0 aromatic heterocycles. The number of sulfonamides is 1. The topological polar surface area (TPSA) is 95.5 Å². The molecule has 0 heterocycles. The van der Waals surface area contributed by atoms with Crippen LogP contribution in [-0.4, -0.2) is 31.6 Å². The van der Waals surface area contributed by atoms with Gasteiger partial charge in [0.25, 0.3) is 0 Å². The molecule has 0 saturated carbocycles. The van der Waals surface area contributed by atoms with E-state index in [1.165, 1.54) is 31.2 Å². The Morgan fingerprint density at radius 3 is 2.16 bits per heavy atom. The molecule has 1 aliphatic rings. The molecule has 0 unspecified atom stereocenters. The van der Waals surface area contributed by atoms with E-state index in [1.807, 2.05) is 24.3 Å². The van der Waals surface area contributed by atoms with Crippen molar-refractivity contribution in [2.24, 2.45) is 0 Å². The first-order valence-corrected chi connectivity index (χ1v) is 9.42. The van der Waals surface area contributed by atoms with E-state index in [2.05, 4.69) is 10.0 Å². The van der Waals surface area contributed by atoms with Crippen LogP contribution in [0, 0.1) is 0 Å². The van der Waals surface area contributed by atoms with E-state index < -0.39 is 15.6 Å². The first kappa shape index (κ1) is 17.6. The van der Waals surface area contributed by atoms with Crippen LogP contribution in [0.2, 0.25) is 0 Å². The predicted molar refractivity (Wildman–Crippen MR) is 94.7 cm³/mol. The smallest absolute Gasteiger partial charge is 0.240 e. The molecule has 1 aliphatic carbocycles. The van der Waals surface area contributed by atoms with Gasteiger partial charge in [0.2, 0.25) is 15.9 Å². The van der Waals surface area contributed by atoms with Crippen molar-refractivity contribution < 1.29 is 18.3 Å². The van der Waals surface area contributed by atoms with Crippen LogP contribution in [0.4, 0.5) is 5.69 Å². The lowest BCUT2D eigenvalue weighted by Gasteiger charge is -2.22. The molecule has 3 N–H and O–H groups in total. The quantitative estimate of drug-likeness (QED) is 0.752. The Labute approximate surface area is 146 Å². The van der Waals surface area contributed by atoms with E-state index in [-0.39, 0.29) is 17.3 Å². The maximum Gasteiger partial charge on any atom is 0.240 e. The Balaban J connectivity index is 1.67. The summed E-state index contributed by atoms with van der Waals surface area (Å²) >= 11 is 0. The number of carbonyl (C=O) groups is 1. The highest BCUT2D eigenvalue weighted by Crippen LogP contribution is 2.29. The minimum Gasteiger partial charge on any atom is -0.388 e. The van der Waals surface area contributed by atoms with Gasteiger partial charge in [0, 0.05) is 32.0 Å². The van der Waals surface area contributed by atoms with E-state index in [0.717, 1.165) is 11.1 Å². The largest absolute Gasteiger partial charge is 0.388 e. The second kappa shape index (κ2) is 6.59. The Morgan fingerprint density at radius 2 is 1.64 bits per heavy atom. The Morgan fingerprint density at radius 1 is 1.08 bits per heavy atom. The molecule has 0 bridgehead atoms. The molecule has 132 valence electrons. The SMILES string of the molecule is CC(=O)Nc1ccc(S(=O)(=O)NCC2(O)Cc3ccccc3C2)cc1. The van der Waals surface area contributed by atoms with Gasteiger partial charge in [-0.2, -0.15) is 0 Å². The van der Waals surface area contributed by atoms with Crippen LogP contribution in [0.3, 0.4) is 0 Å². The highest BCUT2D eigenvalue weighted by molar-refractivity contribution is 7.89. The molecule has 25 heavy (non-hydrogen) atoms. The first-order valence-electron chi connectivity index (χ1n) is 7.94. The van der Waals surface area contributed by atoms with Crippen LogP contribution < -0.4 is 10.0 Å². The predicted octanol–water partition coefficient (Wildman–Crippen LogP) is 1.45. The fraction of sp³-hybridized carbons (Fsp3) is 0.278. The van der Waals surface area contributed by atoms with Crippen molar-refractivity contribution in [1.29, 1.82) is 0 Å². The molecule has 0 spiro atoms. The van der Waals surface area contributed by atoms with Crippen LogP contribution in [0.15, 0.2) is 53.4 Å². The number of nitrogens with one attached hydrogen (secondary N) is 2. The summed E-state index contributed by atoms with van der Waals surface area (Å²) in [5.74, 6) is -0.225. The number of benzene rings is 2. The number of hydrogen-bond acceptors (Lipinski definition) is 4. The zero-order valence-electron chi connectivity index (χ0n) is 13.8. The number of amides is 1. The van der Waals surface area contributed by atoms with E-state index in [1.54, 1.807) is 0 Å². The summed E-state index contributed by atoms with van der Waals surface area (Å²) in [7, 11) is -3.74. The van der Waals surface area contributed by atoms with Crippen molar-refractivity contribution in [3.63, 3.8) is 0 Å². The second-order valence-corrected chi connectivity index (χ2v) is 8.14. The number of aliphatic hydroxyl groups is 1. The van der Waals surface area contributed by atoms with Gasteiger partial charge in [0.1, 0.15) is 0 Å². The lowest BCUT2D eigenvalue weighted by Crippen LogP contribution is -2.43. The third kappa shape index (κ3) is 4.07. The summed E-state index contributed by atoms with van der Waals surface area (Å²) in [6.07, 6.45) is 0.848. The fourth-order valence-corrected chi connectivity index (χ4v) is 4.15. The molecule has 1 amide bonds. The normalized spacial score (nSPS) is 15.6. The molecule has 0 atom stereocenters. The molecule has 2 aromatic rings. The van der Waals surface area contributed by atoms with Gasteiger partial charge >= 0.3 is 0 Å². The molecular weight excluding hydrogens is 340 g/mol. The average molecular weight is 360 g/mol. The molecular formula is C18H20N2O4S. The van der Waals surface area contributed by atoms with Crippen LogP contribution >= 0.6 is 0 Å². The van der Waals surface area contributed by atoms with Gasteiger partial charge < -0.3 is 10.4 Å². The van der Waals surface area contributed by atoms with Gasteiger partial charge in [-0.15, -0.1) is 0 Å². The molecule has 0 radical (unpaired) electrons. The zero-order valence-corrected chi connectivity index (χ0v) is 14.6. The molecule has 0 saturated heterocycles. The minimum absolute atomic E-state index is 0.0581. The summed E-state index contributed by atoms with van der Waals surface area (Å²) < 4.78 is 27.3. The van der Waals surface area contributed by atoms with Gasteiger partial charge in [-0.05, 0) is 35.4 Å². The van der Waals surface area contributed by atoms with Gasteiger partial charge in [-0.3, -0.25) is 4.79 Å². The summed E-state index contributed by atoms with van der Waals surface area (Å²) in [5, 5.41) is 13.3. The maximum atomic E-state index is 12.4. The number of hydrogen-bond donors (Lipinski definition) is 3. The van der Waals surface area contributed by atoms with Crippen molar-refractivity contribution in [3.05, 3.63) is 59.7 Å². The van der Waals surface area contributed by atoms with Crippen LogP contribution in [0.5, 0.6) is 0 Å². The van der Waals surface area contributed by atoms with Crippen LogP contribution in [-0.2, 0) is 27.7 Å². The van der Waals surface area contributed by atoms with Crippen molar-refractivity contribution in [1.82, 2.24) is 4.72 Å². The van der Waals surface area contributed by atoms with Gasteiger partial charge in [0.05, 0.1) is 10.5 Å². The lowest BCUT2D eigenvalue weighted by atomic mass is 10.0. The monoisotopic (exact) mass is 360 g/mol. The Bertz CT molecular complexity index is 867. The van der Waals surface area contributed by atoms with Crippen molar-refractivity contribution in [3.8, 4) is 0 Å². The fourth-order valence-electron chi connectivity index (χ4n) is 3.03. The first-order chi connectivity index (χ1) is 11.8. The van der Waals surface area contributed by atoms with Gasteiger partial charge in [-0.1, -0.05) is 24.3 Å². The highest BCUT2D eigenvalue weighted by atomic mass is 32.2. The summed E-state index contributed by atoms with van der Waals surface area (Å²) in [5.41, 5.74) is 1.50. The molecule has 2 aromatic carbocycles. The zero-order chi connectivity index (χ0) is 18.1. The minimum atomic E-state index is -3.74. The van der Waals surface area contributed by atoms with E-state index in [4.69, 9.17) is 0 Å². The molecule has 6 nitrogen and oxygen atoms in total. The van der Waals surface area contributed by atoms with E-state index >= 15 is 0 Å². The van der Waals surface area contributed by atoms with Crippen LogP contribution in [0.1, 0.15) is 18.1 Å². The number of fused-ring (bicyclic) bond motifs is 1. The number of rotatable bonds is 5. The molecule has 7 heteroatoms. The van der Waals surface area contributed by atoms with Gasteiger partial charge in [-0.25, -0.2) is 13.1 Å². The molecule has 3 rings (SSSR count). The lowest BCUT2D eigenvalue weighted by molar-refractivity contribution is -0.114. The second-order valence-electron chi connectivity index (χ2n) is 6.38. The molecule has 0 aliphatic heterocycles. The van der Waals surface area contributed by atoms with Crippen LogP contribution in [0.25, 0.3) is 0 Å². The maximum absolute atomic E-state index is 12.4. The number of carbonyl (C=O) groups excluding carboxylic acids is 1. The summed E-state index contributed by atoms with van der Waals surface area (Å²) in [6.45, 7) is 1.32. The van der Waals surface area contributed by atoms with Gasteiger partial charge in [0.15, 0.2) is 0 Å². The van der Waals surface area contributed by atoms with E-state index in [9.17, 15) is 18.3 Å². The third-order valence-corrected chi connectivity index (χ3v) is 5.65. The summed E-state index contributed by atoms with van der Waals surface area (Å²) in [4.78, 5) is 11.1. The third-order valence-electron chi connectivity index (χ3n) is 4.23. The van der Waals surface area contributed by atoms with Crippen molar-refractivity contribution >= 4 is 21.6 Å². The number of anilines is 1. The van der Waals surface area contributed by atoms with Crippen molar-refractivity contribution in [2.75, 3.05) is 11.9 Å². The van der Waals surface area contributed by atoms with E-state index in [0.29, 0.717) is 18.5 Å². The Hall–Kier alpha value is -2.22. The molecule has 0 fully saturated rings.